The fraction of sp³-hybridized carbons (Fsp3) is 0.417. The average Bonchev–Trinajstić information content (AvgIpc) is 3.53. The molecule has 0 radical (unpaired) electrons. The molecular weight excluding hydrogens is 497 g/mol. The van der Waals surface area contributed by atoms with Gasteiger partial charge in [0.05, 0.1) is 25.6 Å². The van der Waals surface area contributed by atoms with Crippen molar-refractivity contribution >= 4 is 30.6 Å². The number of carbonyl (C=O) groups is 1. The Morgan fingerprint density at radius 3 is 2.81 bits per heavy atom. The number of rotatable bonds is 12. The molecular formula is C24H32N7O5P. The maximum Gasteiger partial charge on any atom is 0.432 e. The van der Waals surface area contributed by atoms with Crippen LogP contribution in [0, 0.1) is 11.8 Å². The maximum atomic E-state index is 12.8. The van der Waals surface area contributed by atoms with Gasteiger partial charge in [0.25, 0.3) is 0 Å². The molecule has 0 bridgehead atoms. The van der Waals surface area contributed by atoms with Gasteiger partial charge in [-0.1, -0.05) is 62.8 Å². The fourth-order valence-corrected chi connectivity index (χ4v) is 4.96. The van der Waals surface area contributed by atoms with Crippen molar-refractivity contribution in [1.29, 1.82) is 0 Å². The second-order valence-electron chi connectivity index (χ2n) is 9.08. The Hall–Kier alpha value is -3.15. The molecule has 13 heteroatoms. The molecule has 198 valence electrons. The van der Waals surface area contributed by atoms with E-state index in [0.29, 0.717) is 29.8 Å². The highest BCUT2D eigenvalue weighted by molar-refractivity contribution is 7.51. The number of nitrogens with one attached hydrogen (secondary N) is 2. The second-order valence-corrected chi connectivity index (χ2v) is 10.6. The van der Waals surface area contributed by atoms with Crippen molar-refractivity contribution in [3.8, 4) is 0 Å². The third-order valence-corrected chi connectivity index (χ3v) is 7.40. The van der Waals surface area contributed by atoms with E-state index in [2.05, 4.69) is 25.5 Å². The van der Waals surface area contributed by atoms with Gasteiger partial charge >= 0.3 is 7.75 Å². The van der Waals surface area contributed by atoms with Gasteiger partial charge in [-0.15, -0.1) is 0 Å². The van der Waals surface area contributed by atoms with E-state index >= 15 is 0 Å². The molecule has 3 aromatic rings. The number of carbonyl (C=O) groups excluding carboxylic acids is 1. The summed E-state index contributed by atoms with van der Waals surface area (Å²) in [5.74, 6) is -0.665. The van der Waals surface area contributed by atoms with Crippen LogP contribution < -0.4 is 16.3 Å². The molecule has 0 saturated heterocycles. The van der Waals surface area contributed by atoms with E-state index in [-0.39, 0.29) is 31.1 Å². The van der Waals surface area contributed by atoms with Gasteiger partial charge in [0.2, 0.25) is 5.91 Å². The van der Waals surface area contributed by atoms with E-state index in [0.717, 1.165) is 5.56 Å². The molecule has 1 unspecified atom stereocenters. The van der Waals surface area contributed by atoms with E-state index in [1.807, 2.05) is 60.9 Å². The number of aromatic nitrogens is 4. The highest BCUT2D eigenvalue weighted by atomic mass is 31.2. The quantitative estimate of drug-likeness (QED) is 0.156. The van der Waals surface area contributed by atoms with Gasteiger partial charge < -0.3 is 15.2 Å². The topological polar surface area (TPSA) is 167 Å². The van der Waals surface area contributed by atoms with Crippen molar-refractivity contribution < 1.29 is 23.6 Å². The number of imidazole rings is 1. The zero-order chi connectivity index (χ0) is 26.4. The van der Waals surface area contributed by atoms with Crippen LogP contribution in [0.4, 0.5) is 5.82 Å². The summed E-state index contributed by atoms with van der Waals surface area (Å²) in [7, 11) is -4.41. The molecule has 4 rings (SSSR count). The van der Waals surface area contributed by atoms with E-state index in [4.69, 9.17) is 15.1 Å². The minimum atomic E-state index is -4.41. The largest absolute Gasteiger partial charge is 0.432 e. The van der Waals surface area contributed by atoms with Crippen molar-refractivity contribution in [2.24, 2.45) is 11.8 Å². The molecule has 0 fully saturated rings. The van der Waals surface area contributed by atoms with Gasteiger partial charge in [-0.2, -0.15) is 5.48 Å². The van der Waals surface area contributed by atoms with Crippen LogP contribution in [-0.2, 0) is 25.3 Å². The monoisotopic (exact) mass is 529 g/mol. The Labute approximate surface area is 214 Å². The zero-order valence-electron chi connectivity index (χ0n) is 20.7. The first-order valence-electron chi connectivity index (χ1n) is 12.1. The Bertz CT molecular complexity index is 1280. The van der Waals surface area contributed by atoms with Gasteiger partial charge in [-0.25, -0.2) is 19.5 Å². The number of nitrogen functional groups attached to an aromatic ring is 1. The molecule has 1 amide bonds. The molecule has 1 aromatic carbocycles. The molecule has 5 N–H and O–H groups in total. The van der Waals surface area contributed by atoms with E-state index in [1.54, 1.807) is 6.33 Å². The van der Waals surface area contributed by atoms with Crippen molar-refractivity contribution in [2.75, 3.05) is 12.3 Å². The third kappa shape index (κ3) is 6.79. The van der Waals surface area contributed by atoms with Crippen LogP contribution >= 0.6 is 7.75 Å². The Morgan fingerprint density at radius 1 is 1.27 bits per heavy atom. The summed E-state index contributed by atoms with van der Waals surface area (Å²) in [5, 5.41) is 2.15. The number of allylic oxidation sites excluding steroid dienone is 1. The van der Waals surface area contributed by atoms with Gasteiger partial charge in [0, 0.05) is 5.92 Å². The number of amides is 1. The number of anilines is 1. The Morgan fingerprint density at radius 2 is 2.05 bits per heavy atom. The number of hydroxylamine groups is 1. The Balaban J connectivity index is 1.29. The van der Waals surface area contributed by atoms with Gasteiger partial charge in [0.15, 0.2) is 11.5 Å². The molecule has 0 spiro atoms. The number of nitrogens with two attached hydrogens (primary N) is 1. The third-order valence-electron chi connectivity index (χ3n) is 6.40. The van der Waals surface area contributed by atoms with E-state index < -0.39 is 19.7 Å². The summed E-state index contributed by atoms with van der Waals surface area (Å²) in [6, 6.07) is 8.57. The molecule has 2 heterocycles. The first kappa shape index (κ1) is 26.9. The highest BCUT2D eigenvalue weighted by Gasteiger charge is 2.32. The molecule has 5 atom stereocenters. The molecule has 12 nitrogen and oxygen atoms in total. The van der Waals surface area contributed by atoms with Crippen LogP contribution in [-0.4, -0.2) is 43.0 Å². The SMILES string of the molecule is CC[C@H](C)[C@H](NOCc1ccccc1)C(=O)NP(=O)(O)OC[C@H]1C=C[C@@H](n2cnc3c(N)ncnc32)C1. The number of benzene rings is 1. The second kappa shape index (κ2) is 11.9. The van der Waals surface area contributed by atoms with Crippen LogP contribution in [0.3, 0.4) is 0 Å². The van der Waals surface area contributed by atoms with Crippen LogP contribution in [0.25, 0.3) is 11.2 Å². The standard InChI is InChI=1S/C24H32N7O5P/c1-3-16(2)20(29-35-12-17-7-5-4-6-8-17)24(32)30-37(33,34)36-13-18-9-10-19(11-18)31-15-28-21-22(25)26-14-27-23(21)31/h4-10,14-16,18-20,29H,3,11-13H2,1-2H3,(H2,25,26,27)(H2,30,32,33,34)/t16-,18-,19+,20-/m0/s1. The summed E-state index contributed by atoms with van der Waals surface area (Å²) >= 11 is 0. The number of fused-ring (bicyclic) bond motifs is 1. The number of hydrogen-bond acceptors (Lipinski definition) is 9. The lowest BCUT2D eigenvalue weighted by Gasteiger charge is -2.24. The van der Waals surface area contributed by atoms with Crippen molar-refractivity contribution in [3.63, 3.8) is 0 Å². The molecule has 1 aliphatic rings. The molecule has 37 heavy (non-hydrogen) atoms. The first-order chi connectivity index (χ1) is 17.8. The maximum absolute atomic E-state index is 12.8. The fourth-order valence-electron chi connectivity index (χ4n) is 4.09. The lowest BCUT2D eigenvalue weighted by molar-refractivity contribution is -0.128. The van der Waals surface area contributed by atoms with Crippen molar-refractivity contribution in [3.05, 3.63) is 60.7 Å². The predicted octanol–water partition coefficient (Wildman–Crippen LogP) is 2.89. The van der Waals surface area contributed by atoms with Crippen LogP contribution in [0.5, 0.6) is 0 Å². The molecule has 1 aliphatic carbocycles. The van der Waals surface area contributed by atoms with Crippen LogP contribution in [0.1, 0.15) is 38.3 Å². The number of nitrogens with zero attached hydrogens (tertiary/aromatic N) is 4. The van der Waals surface area contributed by atoms with E-state index in [1.165, 1.54) is 6.33 Å². The lowest BCUT2D eigenvalue weighted by Crippen LogP contribution is -2.47. The lowest BCUT2D eigenvalue weighted by atomic mass is 10.00. The van der Waals surface area contributed by atoms with Crippen LogP contribution in [0.15, 0.2) is 55.1 Å². The predicted molar refractivity (Wildman–Crippen MR) is 138 cm³/mol. The first-order valence-corrected chi connectivity index (χ1v) is 13.7. The summed E-state index contributed by atoms with van der Waals surface area (Å²) < 4.78 is 19.8. The molecule has 0 saturated carbocycles. The average molecular weight is 530 g/mol. The van der Waals surface area contributed by atoms with Gasteiger partial charge in [0.1, 0.15) is 17.9 Å². The summed E-state index contributed by atoms with van der Waals surface area (Å²) in [6.45, 7) is 3.98. The normalized spacial score (nSPS) is 20.5. The molecule has 0 aliphatic heterocycles. The van der Waals surface area contributed by atoms with Gasteiger partial charge in [-0.3, -0.25) is 19.2 Å². The summed E-state index contributed by atoms with van der Waals surface area (Å²) in [6.07, 6.45) is 8.16. The summed E-state index contributed by atoms with van der Waals surface area (Å²) in [4.78, 5) is 41.2. The minimum Gasteiger partial charge on any atom is -0.382 e. The van der Waals surface area contributed by atoms with Crippen molar-refractivity contribution in [1.82, 2.24) is 30.1 Å². The van der Waals surface area contributed by atoms with Crippen LogP contribution in [0.2, 0.25) is 0 Å². The van der Waals surface area contributed by atoms with E-state index in [9.17, 15) is 14.3 Å². The summed E-state index contributed by atoms with van der Waals surface area (Å²) in [5.41, 5.74) is 10.7. The molecule has 2 aromatic heterocycles. The highest BCUT2D eigenvalue weighted by Crippen LogP contribution is 2.40. The van der Waals surface area contributed by atoms with Gasteiger partial charge in [-0.05, 0) is 17.9 Å². The zero-order valence-corrected chi connectivity index (χ0v) is 21.6. The smallest absolute Gasteiger partial charge is 0.382 e. The van der Waals surface area contributed by atoms with Crippen molar-refractivity contribution in [2.45, 2.75) is 45.4 Å². The minimum absolute atomic E-state index is 0.0449. The Kier molecular flexibility index (Phi) is 8.67. The number of hydrogen-bond donors (Lipinski definition) is 4.